The average molecular weight is 510 g/mol. The number of nitrogens with one attached hydrogen (secondary N) is 1. The Morgan fingerprint density at radius 3 is 2.67 bits per heavy atom. The molecule has 4 N–H and O–H groups in total. The Morgan fingerprint density at radius 1 is 1.22 bits per heavy atom. The number of rotatable bonds is 6. The first-order chi connectivity index (χ1) is 17.4. The molecule has 0 aliphatic carbocycles. The van der Waals surface area contributed by atoms with Crippen LogP contribution >= 0.6 is 11.3 Å². The van der Waals surface area contributed by atoms with Crippen LogP contribution in [0.3, 0.4) is 0 Å². The van der Waals surface area contributed by atoms with Gasteiger partial charge in [-0.15, -0.1) is 11.3 Å². The summed E-state index contributed by atoms with van der Waals surface area (Å²) in [6.07, 6.45) is 0.298. The summed E-state index contributed by atoms with van der Waals surface area (Å²) in [5, 5.41) is 17.5. The van der Waals surface area contributed by atoms with E-state index in [1.807, 2.05) is 12.1 Å². The summed E-state index contributed by atoms with van der Waals surface area (Å²) < 4.78 is 6.61. The Labute approximate surface area is 213 Å². The molecule has 0 radical (unpaired) electrons. The van der Waals surface area contributed by atoms with Crippen molar-refractivity contribution >= 4 is 45.2 Å². The minimum absolute atomic E-state index is 0.208. The lowest BCUT2D eigenvalue weighted by molar-refractivity contribution is -0.141. The minimum Gasteiger partial charge on any atom is -0.398 e. The molecule has 3 aromatic rings. The van der Waals surface area contributed by atoms with Crippen molar-refractivity contribution in [1.29, 1.82) is 5.41 Å². The van der Waals surface area contributed by atoms with Crippen LogP contribution in [-0.4, -0.2) is 95.6 Å². The number of fused-ring (bicyclic) bond motifs is 1. The standard InChI is InChI=1S/C25H31N7O3S/c1-16(33)25(34)32-7-5-30(6-8-32)15-17-13-21-22(36-17)24(31-9-11-35-12-10-31)29-23(28-21)18-3-2-4-20(27)19(18)14-26/h2-4,13-14,16,26,33H,5-12,15,27H2,1H3. The van der Waals surface area contributed by atoms with Gasteiger partial charge in [-0.05, 0) is 19.1 Å². The molecule has 0 bridgehead atoms. The first-order valence-corrected chi connectivity index (χ1v) is 13.0. The van der Waals surface area contributed by atoms with Gasteiger partial charge in [-0.3, -0.25) is 9.69 Å². The van der Waals surface area contributed by atoms with Crippen LogP contribution in [0.4, 0.5) is 11.5 Å². The van der Waals surface area contributed by atoms with Crippen molar-refractivity contribution in [2.75, 3.05) is 63.1 Å². The predicted octanol–water partition coefficient (Wildman–Crippen LogP) is 1.80. The molecule has 10 nitrogen and oxygen atoms in total. The number of ether oxygens (including phenoxy) is 1. The van der Waals surface area contributed by atoms with E-state index in [2.05, 4.69) is 15.9 Å². The fourth-order valence-electron chi connectivity index (χ4n) is 4.70. The van der Waals surface area contributed by atoms with Gasteiger partial charge in [0.1, 0.15) is 6.10 Å². The Hall–Kier alpha value is -3.12. The zero-order valence-electron chi connectivity index (χ0n) is 20.3. The average Bonchev–Trinajstić information content (AvgIpc) is 3.30. The quantitative estimate of drug-likeness (QED) is 0.339. The van der Waals surface area contributed by atoms with Gasteiger partial charge >= 0.3 is 0 Å². The first-order valence-electron chi connectivity index (χ1n) is 12.2. The molecule has 4 heterocycles. The van der Waals surface area contributed by atoms with E-state index in [-0.39, 0.29) is 5.91 Å². The first kappa shape index (κ1) is 24.6. The van der Waals surface area contributed by atoms with Crippen molar-refractivity contribution in [3.63, 3.8) is 0 Å². The fraction of sp³-hybridized carbons (Fsp3) is 0.440. The molecular weight excluding hydrogens is 478 g/mol. The molecule has 5 rings (SSSR count). The molecule has 1 unspecified atom stereocenters. The lowest BCUT2D eigenvalue weighted by atomic mass is 10.1. The molecule has 0 saturated carbocycles. The molecule has 36 heavy (non-hydrogen) atoms. The SMILES string of the molecule is CC(O)C(=O)N1CCN(Cc2cc3nc(-c4cccc(N)c4C=N)nc(N4CCOCC4)c3s2)CC1. The third kappa shape index (κ3) is 4.92. The predicted molar refractivity (Wildman–Crippen MR) is 142 cm³/mol. The molecule has 2 aliphatic heterocycles. The van der Waals surface area contributed by atoms with Gasteiger partial charge in [-0.1, -0.05) is 12.1 Å². The number of piperazine rings is 1. The summed E-state index contributed by atoms with van der Waals surface area (Å²) in [5.41, 5.74) is 8.90. The fourth-order valence-corrected chi connectivity index (χ4v) is 5.86. The number of anilines is 2. The van der Waals surface area contributed by atoms with Crippen molar-refractivity contribution in [2.24, 2.45) is 0 Å². The third-order valence-electron chi connectivity index (χ3n) is 6.66. The number of carbonyl (C=O) groups excluding carboxylic acids is 1. The molecule has 0 spiro atoms. The molecule has 1 atom stereocenters. The van der Waals surface area contributed by atoms with E-state index in [9.17, 15) is 9.90 Å². The maximum atomic E-state index is 12.1. The summed E-state index contributed by atoms with van der Waals surface area (Å²) in [6, 6.07) is 7.67. The number of hydrogen-bond acceptors (Lipinski definition) is 10. The Kier molecular flexibility index (Phi) is 7.15. The van der Waals surface area contributed by atoms with Crippen molar-refractivity contribution in [3.8, 4) is 11.4 Å². The number of amides is 1. The van der Waals surface area contributed by atoms with Gasteiger partial charge in [0.25, 0.3) is 5.91 Å². The number of morpholine rings is 1. The van der Waals surface area contributed by atoms with E-state index in [1.165, 1.54) is 18.0 Å². The lowest BCUT2D eigenvalue weighted by Crippen LogP contribution is -2.50. The van der Waals surface area contributed by atoms with E-state index < -0.39 is 6.10 Å². The summed E-state index contributed by atoms with van der Waals surface area (Å²) in [5.74, 6) is 1.24. The van der Waals surface area contributed by atoms with Crippen LogP contribution in [0.1, 0.15) is 17.4 Å². The molecular formula is C25H31N7O3S. The van der Waals surface area contributed by atoms with Crippen molar-refractivity contribution in [2.45, 2.75) is 19.6 Å². The molecule has 2 saturated heterocycles. The summed E-state index contributed by atoms with van der Waals surface area (Å²) >= 11 is 1.70. The maximum absolute atomic E-state index is 12.1. The van der Waals surface area contributed by atoms with E-state index in [4.69, 9.17) is 25.8 Å². The van der Waals surface area contributed by atoms with E-state index in [0.717, 1.165) is 54.3 Å². The zero-order chi connectivity index (χ0) is 25.2. The normalized spacial score (nSPS) is 17.9. The van der Waals surface area contributed by atoms with E-state index in [0.29, 0.717) is 43.4 Å². The number of nitrogens with two attached hydrogens (primary N) is 1. The van der Waals surface area contributed by atoms with Gasteiger partial charge in [0.05, 0.1) is 23.4 Å². The third-order valence-corrected chi connectivity index (χ3v) is 7.77. The van der Waals surface area contributed by atoms with Crippen LogP contribution in [-0.2, 0) is 16.1 Å². The molecule has 1 aromatic carbocycles. The molecule has 2 aromatic heterocycles. The highest BCUT2D eigenvalue weighted by molar-refractivity contribution is 7.19. The van der Waals surface area contributed by atoms with E-state index >= 15 is 0 Å². The van der Waals surface area contributed by atoms with Crippen LogP contribution in [0.5, 0.6) is 0 Å². The lowest BCUT2D eigenvalue weighted by Gasteiger charge is -2.35. The van der Waals surface area contributed by atoms with Gasteiger partial charge in [0.2, 0.25) is 0 Å². The Balaban J connectivity index is 1.46. The molecule has 2 aliphatic rings. The van der Waals surface area contributed by atoms with Crippen LogP contribution in [0.15, 0.2) is 24.3 Å². The highest BCUT2D eigenvalue weighted by Crippen LogP contribution is 2.36. The van der Waals surface area contributed by atoms with Crippen LogP contribution in [0.2, 0.25) is 0 Å². The molecule has 2 fully saturated rings. The number of hydrogen-bond donors (Lipinski definition) is 3. The van der Waals surface area contributed by atoms with Gasteiger partial charge in [-0.25, -0.2) is 9.97 Å². The number of aliphatic hydroxyl groups is 1. The molecule has 190 valence electrons. The van der Waals surface area contributed by atoms with Gasteiger partial charge < -0.3 is 30.8 Å². The summed E-state index contributed by atoms with van der Waals surface area (Å²) in [7, 11) is 0. The van der Waals surface area contributed by atoms with Gasteiger partial charge in [-0.2, -0.15) is 0 Å². The second kappa shape index (κ2) is 10.5. The second-order valence-electron chi connectivity index (χ2n) is 9.13. The monoisotopic (exact) mass is 509 g/mol. The van der Waals surface area contributed by atoms with Gasteiger partial charge in [0, 0.05) is 73.7 Å². The van der Waals surface area contributed by atoms with Crippen LogP contribution in [0.25, 0.3) is 21.6 Å². The van der Waals surface area contributed by atoms with Gasteiger partial charge in [0.15, 0.2) is 11.6 Å². The Morgan fingerprint density at radius 2 is 1.97 bits per heavy atom. The number of aromatic nitrogens is 2. The topological polar surface area (TPSA) is 132 Å². The number of nitrogens with zero attached hydrogens (tertiary/aromatic N) is 5. The molecule has 1 amide bonds. The maximum Gasteiger partial charge on any atom is 0.251 e. The minimum atomic E-state index is -0.960. The molecule has 11 heteroatoms. The summed E-state index contributed by atoms with van der Waals surface area (Å²) in [6.45, 7) is 7.83. The number of carbonyl (C=O) groups is 1. The Bertz CT molecular complexity index is 1260. The number of nitrogen functional groups attached to an aromatic ring is 1. The van der Waals surface area contributed by atoms with Crippen molar-refractivity contribution < 1.29 is 14.6 Å². The summed E-state index contributed by atoms with van der Waals surface area (Å²) in [4.78, 5) is 29.5. The number of aliphatic hydroxyl groups excluding tert-OH is 1. The smallest absolute Gasteiger partial charge is 0.251 e. The van der Waals surface area contributed by atoms with Crippen molar-refractivity contribution in [3.05, 3.63) is 34.7 Å². The largest absolute Gasteiger partial charge is 0.398 e. The zero-order valence-corrected chi connectivity index (χ0v) is 21.1. The van der Waals surface area contributed by atoms with E-state index in [1.54, 1.807) is 22.3 Å². The number of thiophene rings is 1. The number of benzene rings is 1. The highest BCUT2D eigenvalue weighted by atomic mass is 32.1. The highest BCUT2D eigenvalue weighted by Gasteiger charge is 2.25. The van der Waals surface area contributed by atoms with Crippen LogP contribution in [0, 0.1) is 5.41 Å². The van der Waals surface area contributed by atoms with Crippen molar-refractivity contribution in [1.82, 2.24) is 19.8 Å². The van der Waals surface area contributed by atoms with Crippen LogP contribution < -0.4 is 10.6 Å². The second-order valence-corrected chi connectivity index (χ2v) is 10.3.